The maximum atomic E-state index is 9.22. The molecule has 1 aromatic carbocycles. The van der Waals surface area contributed by atoms with E-state index in [9.17, 15) is 5.26 Å². The Balaban J connectivity index is 2.69. The predicted molar refractivity (Wildman–Crippen MR) is 79.6 cm³/mol. The summed E-state index contributed by atoms with van der Waals surface area (Å²) in [6.07, 6.45) is 1.96. The van der Waals surface area contributed by atoms with Crippen molar-refractivity contribution in [2.45, 2.75) is 11.3 Å². The van der Waals surface area contributed by atoms with E-state index in [1.807, 2.05) is 37.4 Å². The summed E-state index contributed by atoms with van der Waals surface area (Å²) in [4.78, 5) is 4.52. The Morgan fingerprint density at radius 3 is 2.56 bits per heavy atom. The molecule has 0 bridgehead atoms. The maximum absolute atomic E-state index is 9.22. The first-order chi connectivity index (χ1) is 8.65. The lowest BCUT2D eigenvalue weighted by Gasteiger charge is -2.05. The molecule has 1 heterocycles. The molecule has 5 heteroatoms. The Labute approximate surface area is 119 Å². The number of aromatic nitrogens is 1. The van der Waals surface area contributed by atoms with Gasteiger partial charge in [0.2, 0.25) is 0 Å². The van der Waals surface area contributed by atoms with Crippen molar-refractivity contribution in [1.82, 2.24) is 4.98 Å². The van der Waals surface area contributed by atoms with Gasteiger partial charge in [-0.2, -0.15) is 5.26 Å². The number of nitrogens with zero attached hydrogens (tertiary/aromatic N) is 2. The molecule has 0 aliphatic carbocycles. The molecule has 0 saturated heterocycles. The highest BCUT2D eigenvalue weighted by Gasteiger charge is 2.11. The molecular formula is C13H10N2S3. The van der Waals surface area contributed by atoms with E-state index in [0.29, 0.717) is 15.1 Å². The molecule has 2 rings (SSSR count). The Morgan fingerprint density at radius 2 is 2.00 bits per heavy atom. The van der Waals surface area contributed by atoms with E-state index >= 15 is 0 Å². The first-order valence-corrected chi connectivity index (χ1v) is 7.67. The Morgan fingerprint density at radius 1 is 1.33 bits per heavy atom. The van der Waals surface area contributed by atoms with Crippen molar-refractivity contribution in [3.8, 4) is 17.3 Å². The van der Waals surface area contributed by atoms with Gasteiger partial charge in [-0.15, -0.1) is 0 Å². The number of thioether (sulfide) groups is 1. The zero-order valence-electron chi connectivity index (χ0n) is 9.93. The summed E-state index contributed by atoms with van der Waals surface area (Å²) in [6, 6.07) is 10.1. The molecule has 0 saturated carbocycles. The van der Waals surface area contributed by atoms with Crippen LogP contribution >= 0.6 is 35.3 Å². The molecule has 0 amide bonds. The largest absolute Gasteiger partial charge is 0.229 e. The first-order valence-electron chi connectivity index (χ1n) is 5.22. The van der Waals surface area contributed by atoms with Gasteiger partial charge >= 0.3 is 0 Å². The monoisotopic (exact) mass is 290 g/mol. The van der Waals surface area contributed by atoms with E-state index in [2.05, 4.69) is 11.1 Å². The summed E-state index contributed by atoms with van der Waals surface area (Å²) in [5.74, 6) is 0. The number of benzene rings is 1. The molecule has 0 spiro atoms. The third-order valence-corrected chi connectivity index (χ3v) is 4.74. The molecule has 2 nitrogen and oxygen atoms in total. The van der Waals surface area contributed by atoms with Crippen LogP contribution in [0.3, 0.4) is 0 Å². The lowest BCUT2D eigenvalue weighted by molar-refractivity contribution is 1.21. The van der Waals surface area contributed by atoms with Crippen molar-refractivity contribution in [1.29, 1.82) is 5.26 Å². The molecular weight excluding hydrogens is 280 g/mol. The van der Waals surface area contributed by atoms with Crippen LogP contribution in [0.4, 0.5) is 0 Å². The van der Waals surface area contributed by atoms with Crippen molar-refractivity contribution in [3.63, 3.8) is 0 Å². The van der Waals surface area contributed by atoms with E-state index in [-0.39, 0.29) is 0 Å². The third kappa shape index (κ3) is 2.61. The lowest BCUT2D eigenvalue weighted by Crippen LogP contribution is -1.91. The van der Waals surface area contributed by atoms with Crippen molar-refractivity contribution in [2.75, 3.05) is 6.26 Å². The summed E-state index contributed by atoms with van der Waals surface area (Å²) >= 11 is 8.19. The summed E-state index contributed by atoms with van der Waals surface area (Å²) < 4.78 is 1.49. The van der Waals surface area contributed by atoms with E-state index in [1.54, 1.807) is 11.8 Å². The van der Waals surface area contributed by atoms with Gasteiger partial charge in [-0.1, -0.05) is 65.1 Å². The number of hydrogen-bond donors (Lipinski definition) is 0. The fourth-order valence-corrected chi connectivity index (χ4v) is 3.35. The SMILES string of the molecule is CSc1nc(-c2ccc(C)cc2)c(C#N)c(=S)s1. The van der Waals surface area contributed by atoms with Gasteiger partial charge in [0.05, 0.1) is 5.69 Å². The third-order valence-electron chi connectivity index (χ3n) is 2.44. The summed E-state index contributed by atoms with van der Waals surface area (Å²) in [5.41, 5.74) is 3.30. The standard InChI is InChI=1S/C13H10N2S3/c1-8-3-5-9(6-4-8)11-10(7-14)12(16)18-13(15-11)17-2/h3-6H,1-2H3. The highest BCUT2D eigenvalue weighted by Crippen LogP contribution is 2.29. The second-order valence-corrected chi connectivity index (χ2v) is 6.39. The zero-order chi connectivity index (χ0) is 13.1. The van der Waals surface area contributed by atoms with Crippen LogP contribution in [0, 0.1) is 22.1 Å². The molecule has 0 N–H and O–H groups in total. The zero-order valence-corrected chi connectivity index (χ0v) is 12.4. The van der Waals surface area contributed by atoms with E-state index in [1.165, 1.54) is 16.9 Å². The number of aryl methyl sites for hydroxylation is 1. The molecule has 0 radical (unpaired) electrons. The van der Waals surface area contributed by atoms with Gasteiger partial charge in [-0.25, -0.2) is 4.98 Å². The number of hydrogen-bond acceptors (Lipinski definition) is 5. The average molecular weight is 290 g/mol. The first kappa shape index (κ1) is 13.2. The van der Waals surface area contributed by atoms with Crippen LogP contribution in [-0.2, 0) is 0 Å². The van der Waals surface area contributed by atoms with Crippen LogP contribution in [0.15, 0.2) is 28.6 Å². The molecule has 90 valence electrons. The summed E-state index contributed by atoms with van der Waals surface area (Å²) in [6.45, 7) is 2.03. The Hall–Kier alpha value is -1.22. The van der Waals surface area contributed by atoms with Gasteiger partial charge in [-0.05, 0) is 13.2 Å². The van der Waals surface area contributed by atoms with Crippen LogP contribution < -0.4 is 0 Å². The fourth-order valence-electron chi connectivity index (χ4n) is 1.50. The van der Waals surface area contributed by atoms with Crippen molar-refractivity contribution < 1.29 is 0 Å². The highest BCUT2D eigenvalue weighted by atomic mass is 32.2. The second-order valence-electron chi connectivity index (χ2n) is 3.67. The van der Waals surface area contributed by atoms with Crippen LogP contribution in [-0.4, -0.2) is 11.2 Å². The highest BCUT2D eigenvalue weighted by molar-refractivity contribution is 8.00. The molecule has 1 aromatic heterocycles. The van der Waals surface area contributed by atoms with Gasteiger partial charge in [0.15, 0.2) is 4.34 Å². The Bertz CT molecular complexity index is 666. The van der Waals surface area contributed by atoms with Gasteiger partial charge in [0.1, 0.15) is 15.5 Å². The molecule has 0 aliphatic rings. The van der Waals surface area contributed by atoms with Gasteiger partial charge in [0.25, 0.3) is 0 Å². The van der Waals surface area contributed by atoms with Crippen molar-refractivity contribution in [3.05, 3.63) is 39.2 Å². The van der Waals surface area contributed by atoms with E-state index in [0.717, 1.165) is 9.90 Å². The normalized spacial score (nSPS) is 10.1. The van der Waals surface area contributed by atoms with Crippen LogP contribution in [0.25, 0.3) is 11.3 Å². The number of nitriles is 1. The van der Waals surface area contributed by atoms with Crippen molar-refractivity contribution in [2.24, 2.45) is 0 Å². The maximum Gasteiger partial charge on any atom is 0.151 e. The summed E-state index contributed by atoms with van der Waals surface area (Å²) in [5, 5.41) is 9.22. The minimum absolute atomic E-state index is 0.497. The van der Waals surface area contributed by atoms with Gasteiger partial charge in [0, 0.05) is 5.56 Å². The fraction of sp³-hybridized carbons (Fsp3) is 0.154. The van der Waals surface area contributed by atoms with Crippen molar-refractivity contribution >= 4 is 35.3 Å². The molecule has 0 atom stereocenters. The lowest BCUT2D eigenvalue weighted by atomic mass is 10.1. The number of rotatable bonds is 2. The Kier molecular flexibility index (Phi) is 4.12. The average Bonchev–Trinajstić information content (AvgIpc) is 2.38. The quantitative estimate of drug-likeness (QED) is 0.605. The predicted octanol–water partition coefficient (Wildman–Crippen LogP) is 4.44. The van der Waals surface area contributed by atoms with Crippen LogP contribution in [0.5, 0.6) is 0 Å². The van der Waals surface area contributed by atoms with E-state index < -0.39 is 0 Å². The molecule has 18 heavy (non-hydrogen) atoms. The van der Waals surface area contributed by atoms with Gasteiger partial charge in [-0.3, -0.25) is 0 Å². The second kappa shape index (κ2) is 5.61. The van der Waals surface area contributed by atoms with Gasteiger partial charge < -0.3 is 0 Å². The van der Waals surface area contributed by atoms with Crippen LogP contribution in [0.1, 0.15) is 11.1 Å². The summed E-state index contributed by atoms with van der Waals surface area (Å²) in [7, 11) is 0. The molecule has 0 unspecified atom stereocenters. The minimum Gasteiger partial charge on any atom is -0.229 e. The molecule has 0 fully saturated rings. The molecule has 0 aliphatic heterocycles. The van der Waals surface area contributed by atoms with Crippen LogP contribution in [0.2, 0.25) is 0 Å². The topological polar surface area (TPSA) is 36.7 Å². The molecule has 2 aromatic rings. The minimum atomic E-state index is 0.497. The van der Waals surface area contributed by atoms with E-state index in [4.69, 9.17) is 12.2 Å². The smallest absolute Gasteiger partial charge is 0.151 e.